The van der Waals surface area contributed by atoms with Gasteiger partial charge < -0.3 is 5.73 Å². The van der Waals surface area contributed by atoms with E-state index in [0.717, 1.165) is 29.4 Å². The molecular weight excluding hydrogens is 178 g/mol. The fraction of sp³-hybridized carbons (Fsp3) is 0.444. The lowest BCUT2D eigenvalue weighted by atomic mass is 10.4. The molecule has 2 rings (SSSR count). The van der Waals surface area contributed by atoms with Crippen LogP contribution in [0.2, 0.25) is 0 Å². The highest BCUT2D eigenvalue weighted by molar-refractivity contribution is 5.39. The van der Waals surface area contributed by atoms with Gasteiger partial charge >= 0.3 is 0 Å². The predicted octanol–water partition coefficient (Wildman–Crippen LogP) is 0.242. The summed E-state index contributed by atoms with van der Waals surface area (Å²) in [6.45, 7) is 4.47. The molecule has 2 aromatic rings. The lowest BCUT2D eigenvalue weighted by Crippen LogP contribution is -2.08. The maximum Gasteiger partial charge on any atom is 0.164 e. The number of aromatic nitrogens is 4. The van der Waals surface area contributed by atoms with E-state index in [4.69, 9.17) is 5.73 Å². The molecule has 0 atom stereocenters. The highest BCUT2D eigenvalue weighted by atomic mass is 15.3. The van der Waals surface area contributed by atoms with Crippen LogP contribution >= 0.6 is 0 Å². The molecule has 0 radical (unpaired) electrons. The van der Waals surface area contributed by atoms with E-state index in [1.165, 1.54) is 0 Å². The second-order valence-corrected chi connectivity index (χ2v) is 3.29. The van der Waals surface area contributed by atoms with Gasteiger partial charge in [0.1, 0.15) is 11.6 Å². The molecule has 0 fully saturated rings. The lowest BCUT2D eigenvalue weighted by molar-refractivity contribution is 0.819. The first-order valence-corrected chi connectivity index (χ1v) is 4.60. The molecule has 2 aromatic heterocycles. The molecule has 0 aliphatic heterocycles. The van der Waals surface area contributed by atoms with Crippen LogP contribution < -0.4 is 5.73 Å². The van der Waals surface area contributed by atoms with Gasteiger partial charge in [0.2, 0.25) is 0 Å². The number of rotatable bonds is 2. The second-order valence-electron chi connectivity index (χ2n) is 3.29. The van der Waals surface area contributed by atoms with Gasteiger partial charge in [-0.05, 0) is 20.4 Å². The predicted molar refractivity (Wildman–Crippen MR) is 53.0 cm³/mol. The van der Waals surface area contributed by atoms with Crippen LogP contribution in [0, 0.1) is 13.8 Å². The van der Waals surface area contributed by atoms with Gasteiger partial charge in [0.15, 0.2) is 5.65 Å². The Morgan fingerprint density at radius 2 is 2.14 bits per heavy atom. The summed E-state index contributed by atoms with van der Waals surface area (Å²) in [7, 11) is 0. The average Bonchev–Trinajstić information content (AvgIpc) is 2.49. The maximum absolute atomic E-state index is 5.49. The molecule has 0 spiro atoms. The molecule has 5 heteroatoms. The highest BCUT2D eigenvalue weighted by Crippen LogP contribution is 2.07. The Labute approximate surface area is 82.0 Å². The molecule has 2 N–H and O–H groups in total. The number of nitrogens with zero attached hydrogens (tertiary/aromatic N) is 4. The van der Waals surface area contributed by atoms with E-state index in [2.05, 4.69) is 15.2 Å². The van der Waals surface area contributed by atoms with Crippen molar-refractivity contribution in [1.82, 2.24) is 19.6 Å². The Kier molecular flexibility index (Phi) is 2.17. The number of hydrogen-bond acceptors (Lipinski definition) is 4. The molecule has 0 aliphatic carbocycles. The van der Waals surface area contributed by atoms with Gasteiger partial charge in [0, 0.05) is 18.2 Å². The maximum atomic E-state index is 5.49. The molecule has 0 unspecified atom stereocenters. The Hall–Kier alpha value is -1.49. The van der Waals surface area contributed by atoms with Gasteiger partial charge in [-0.3, -0.25) is 4.40 Å². The van der Waals surface area contributed by atoms with Gasteiger partial charge in [-0.15, -0.1) is 10.2 Å². The number of hydrogen-bond donors (Lipinski definition) is 1. The minimum Gasteiger partial charge on any atom is -0.330 e. The van der Waals surface area contributed by atoms with E-state index >= 15 is 0 Å². The number of aryl methyl sites for hydroxylation is 2. The zero-order chi connectivity index (χ0) is 10.1. The zero-order valence-electron chi connectivity index (χ0n) is 8.36. The molecule has 14 heavy (non-hydrogen) atoms. The molecular formula is C9H13N5. The normalized spacial score (nSPS) is 11.1. The summed E-state index contributed by atoms with van der Waals surface area (Å²) in [6.07, 6.45) is 0.729. The summed E-state index contributed by atoms with van der Waals surface area (Å²) in [5.74, 6) is 1.79. The molecule has 2 heterocycles. The first-order chi connectivity index (χ1) is 6.72. The van der Waals surface area contributed by atoms with E-state index < -0.39 is 0 Å². The molecule has 5 nitrogen and oxygen atoms in total. The fourth-order valence-electron chi connectivity index (χ4n) is 1.59. The second kappa shape index (κ2) is 3.34. The summed E-state index contributed by atoms with van der Waals surface area (Å²) in [6, 6.07) is 1.92. The van der Waals surface area contributed by atoms with Crippen LogP contribution in [0.1, 0.15) is 17.3 Å². The van der Waals surface area contributed by atoms with Gasteiger partial charge in [0.25, 0.3) is 0 Å². The zero-order valence-corrected chi connectivity index (χ0v) is 8.36. The van der Waals surface area contributed by atoms with Crippen LogP contribution in [0.25, 0.3) is 5.65 Å². The quantitative estimate of drug-likeness (QED) is 0.738. The Morgan fingerprint density at radius 3 is 2.86 bits per heavy atom. The van der Waals surface area contributed by atoms with Crippen molar-refractivity contribution in [3.63, 3.8) is 0 Å². The Bertz CT molecular complexity index is 459. The summed E-state index contributed by atoms with van der Waals surface area (Å²) in [4.78, 5) is 4.36. The van der Waals surface area contributed by atoms with Crippen LogP contribution in [0.4, 0.5) is 0 Å². The monoisotopic (exact) mass is 191 g/mol. The largest absolute Gasteiger partial charge is 0.330 e. The summed E-state index contributed by atoms with van der Waals surface area (Å²) >= 11 is 0. The van der Waals surface area contributed by atoms with E-state index in [0.29, 0.717) is 6.54 Å². The van der Waals surface area contributed by atoms with E-state index in [-0.39, 0.29) is 0 Å². The SMILES string of the molecule is Cc1cc2nnc(CCN)n2c(C)n1. The Morgan fingerprint density at radius 1 is 1.36 bits per heavy atom. The van der Waals surface area contributed by atoms with Gasteiger partial charge in [0.05, 0.1) is 0 Å². The highest BCUT2D eigenvalue weighted by Gasteiger charge is 2.07. The number of fused-ring (bicyclic) bond motifs is 1. The van der Waals surface area contributed by atoms with Crippen LogP contribution in [0.3, 0.4) is 0 Å². The van der Waals surface area contributed by atoms with Crippen molar-refractivity contribution in [1.29, 1.82) is 0 Å². The topological polar surface area (TPSA) is 69.1 Å². The molecule has 0 saturated carbocycles. The van der Waals surface area contributed by atoms with E-state index in [1.54, 1.807) is 0 Å². The first-order valence-electron chi connectivity index (χ1n) is 4.60. The smallest absolute Gasteiger partial charge is 0.164 e. The van der Waals surface area contributed by atoms with Gasteiger partial charge in [-0.1, -0.05) is 0 Å². The third-order valence-electron chi connectivity index (χ3n) is 2.12. The van der Waals surface area contributed by atoms with Gasteiger partial charge in [-0.25, -0.2) is 4.98 Å². The van der Waals surface area contributed by atoms with Crippen molar-refractivity contribution in [2.45, 2.75) is 20.3 Å². The fourth-order valence-corrected chi connectivity index (χ4v) is 1.59. The summed E-state index contributed by atoms with van der Waals surface area (Å²) in [5, 5.41) is 8.16. The number of nitrogens with two attached hydrogens (primary N) is 1. The van der Waals surface area contributed by atoms with Crippen molar-refractivity contribution >= 4 is 5.65 Å². The lowest BCUT2D eigenvalue weighted by Gasteiger charge is -2.02. The van der Waals surface area contributed by atoms with Crippen LogP contribution in [-0.4, -0.2) is 26.1 Å². The third-order valence-corrected chi connectivity index (χ3v) is 2.12. The van der Waals surface area contributed by atoms with Crippen LogP contribution in [-0.2, 0) is 6.42 Å². The molecule has 0 amide bonds. The standard InChI is InChI=1S/C9H13N5/c1-6-5-9-13-12-8(3-4-10)14(9)7(2)11-6/h5H,3-4,10H2,1-2H3. The van der Waals surface area contributed by atoms with Crippen molar-refractivity contribution < 1.29 is 0 Å². The van der Waals surface area contributed by atoms with Crippen LogP contribution in [0.5, 0.6) is 0 Å². The van der Waals surface area contributed by atoms with E-state index in [1.807, 2.05) is 24.3 Å². The van der Waals surface area contributed by atoms with Gasteiger partial charge in [-0.2, -0.15) is 0 Å². The third kappa shape index (κ3) is 1.35. The molecule has 0 bridgehead atoms. The summed E-state index contributed by atoms with van der Waals surface area (Å²) < 4.78 is 1.94. The minimum atomic E-state index is 0.577. The molecule has 0 saturated heterocycles. The average molecular weight is 191 g/mol. The van der Waals surface area contributed by atoms with Crippen molar-refractivity contribution in [2.75, 3.05) is 6.54 Å². The molecule has 74 valence electrons. The van der Waals surface area contributed by atoms with Crippen molar-refractivity contribution in [2.24, 2.45) is 5.73 Å². The van der Waals surface area contributed by atoms with Crippen molar-refractivity contribution in [3.05, 3.63) is 23.4 Å². The molecule has 0 aliphatic rings. The molecule has 0 aromatic carbocycles. The van der Waals surface area contributed by atoms with E-state index in [9.17, 15) is 0 Å². The first kappa shape index (κ1) is 9.08. The Balaban J connectivity index is 2.66. The summed E-state index contributed by atoms with van der Waals surface area (Å²) in [5.41, 5.74) is 7.29. The minimum absolute atomic E-state index is 0.577. The van der Waals surface area contributed by atoms with Crippen molar-refractivity contribution in [3.8, 4) is 0 Å². The van der Waals surface area contributed by atoms with Crippen LogP contribution in [0.15, 0.2) is 6.07 Å².